The lowest BCUT2D eigenvalue weighted by Gasteiger charge is -2.27. The van der Waals surface area contributed by atoms with E-state index in [1.54, 1.807) is 12.1 Å². The van der Waals surface area contributed by atoms with Crippen LogP contribution in [0.15, 0.2) is 53.4 Å². The summed E-state index contributed by atoms with van der Waals surface area (Å²) in [5.74, 6) is -0.349. The highest BCUT2D eigenvalue weighted by Gasteiger charge is 2.26. The summed E-state index contributed by atoms with van der Waals surface area (Å²) in [5, 5.41) is 2.84. The van der Waals surface area contributed by atoms with E-state index in [1.807, 2.05) is 24.3 Å². The standard InChI is InChI=1S/C22H29N3O4S/c1-4-25(17(2)3)20-10-8-19(9-11-20)23-22(26)18-6-5-7-21(16-18)30(27,28)24-12-14-29-15-13-24/h5-11,16-17H,4,12-15H2,1-3H3,(H,23,26). The number of carbonyl (C=O) groups is 1. The summed E-state index contributed by atoms with van der Waals surface area (Å²) in [7, 11) is -3.65. The van der Waals surface area contributed by atoms with Gasteiger partial charge in [-0.2, -0.15) is 4.31 Å². The van der Waals surface area contributed by atoms with Crippen molar-refractivity contribution in [2.24, 2.45) is 0 Å². The Labute approximate surface area is 178 Å². The molecule has 1 N–H and O–H groups in total. The first-order chi connectivity index (χ1) is 14.3. The molecule has 0 aromatic heterocycles. The minimum atomic E-state index is -3.65. The van der Waals surface area contributed by atoms with Gasteiger partial charge in [-0.25, -0.2) is 8.42 Å². The van der Waals surface area contributed by atoms with Gasteiger partial charge in [0.2, 0.25) is 10.0 Å². The van der Waals surface area contributed by atoms with Crippen molar-refractivity contribution in [3.8, 4) is 0 Å². The Hall–Kier alpha value is -2.42. The van der Waals surface area contributed by atoms with Gasteiger partial charge < -0.3 is 15.0 Å². The number of hydrogen-bond donors (Lipinski definition) is 1. The van der Waals surface area contributed by atoms with Gasteiger partial charge in [0.05, 0.1) is 18.1 Å². The zero-order valence-corrected chi connectivity index (χ0v) is 18.5. The summed E-state index contributed by atoms with van der Waals surface area (Å²) in [6, 6.07) is 14.2. The van der Waals surface area contributed by atoms with Crippen molar-refractivity contribution in [3.63, 3.8) is 0 Å². The van der Waals surface area contributed by atoms with Gasteiger partial charge in [0.25, 0.3) is 5.91 Å². The number of carbonyl (C=O) groups excluding carboxylic acids is 1. The number of amides is 1. The zero-order valence-electron chi connectivity index (χ0n) is 17.7. The molecule has 7 nitrogen and oxygen atoms in total. The Morgan fingerprint density at radius 1 is 1.13 bits per heavy atom. The van der Waals surface area contributed by atoms with Crippen LogP contribution < -0.4 is 10.2 Å². The maximum atomic E-state index is 12.8. The second-order valence-electron chi connectivity index (χ2n) is 7.43. The molecule has 1 fully saturated rings. The molecule has 30 heavy (non-hydrogen) atoms. The van der Waals surface area contributed by atoms with Crippen molar-refractivity contribution in [1.82, 2.24) is 4.31 Å². The Morgan fingerprint density at radius 2 is 1.80 bits per heavy atom. The molecule has 0 bridgehead atoms. The van der Waals surface area contributed by atoms with Crippen LogP contribution in [0, 0.1) is 0 Å². The number of ether oxygens (including phenoxy) is 1. The number of nitrogens with one attached hydrogen (secondary N) is 1. The van der Waals surface area contributed by atoms with Crippen molar-refractivity contribution in [2.75, 3.05) is 43.1 Å². The van der Waals surface area contributed by atoms with Gasteiger partial charge in [-0.15, -0.1) is 0 Å². The maximum Gasteiger partial charge on any atom is 0.255 e. The quantitative estimate of drug-likeness (QED) is 0.728. The molecule has 1 amide bonds. The summed E-state index contributed by atoms with van der Waals surface area (Å²) in [6.45, 7) is 8.66. The van der Waals surface area contributed by atoms with E-state index in [4.69, 9.17) is 4.74 Å². The monoisotopic (exact) mass is 431 g/mol. The van der Waals surface area contributed by atoms with E-state index in [0.29, 0.717) is 43.6 Å². The van der Waals surface area contributed by atoms with Crippen LogP contribution in [-0.4, -0.2) is 57.5 Å². The molecule has 3 rings (SSSR count). The van der Waals surface area contributed by atoms with Gasteiger partial charge in [-0.3, -0.25) is 4.79 Å². The Morgan fingerprint density at radius 3 is 2.40 bits per heavy atom. The van der Waals surface area contributed by atoms with Crippen LogP contribution in [0.25, 0.3) is 0 Å². The zero-order chi connectivity index (χ0) is 21.7. The second kappa shape index (κ2) is 9.59. The number of sulfonamides is 1. The van der Waals surface area contributed by atoms with Gasteiger partial charge in [-0.05, 0) is 63.2 Å². The molecule has 0 spiro atoms. The molecule has 2 aromatic rings. The lowest BCUT2D eigenvalue weighted by Crippen LogP contribution is -2.40. The Bertz CT molecular complexity index is 968. The second-order valence-corrected chi connectivity index (χ2v) is 9.36. The molecular formula is C22H29N3O4S. The van der Waals surface area contributed by atoms with Gasteiger partial charge in [0, 0.05) is 42.6 Å². The van der Waals surface area contributed by atoms with Gasteiger partial charge in [0.1, 0.15) is 0 Å². The Balaban J connectivity index is 1.74. The molecule has 0 aliphatic carbocycles. The average molecular weight is 432 g/mol. The summed E-state index contributed by atoms with van der Waals surface area (Å²) in [5.41, 5.74) is 2.04. The highest BCUT2D eigenvalue weighted by molar-refractivity contribution is 7.89. The predicted octanol–water partition coefficient (Wildman–Crippen LogP) is 3.19. The van der Waals surface area contributed by atoms with Crippen LogP contribution in [0.1, 0.15) is 31.1 Å². The SMILES string of the molecule is CCN(c1ccc(NC(=O)c2cccc(S(=O)(=O)N3CCOCC3)c2)cc1)C(C)C. The third kappa shape index (κ3) is 5.00. The van der Waals surface area contributed by atoms with E-state index >= 15 is 0 Å². The number of benzene rings is 2. The van der Waals surface area contributed by atoms with E-state index in [1.165, 1.54) is 16.4 Å². The number of rotatable bonds is 7. The largest absolute Gasteiger partial charge is 0.379 e. The predicted molar refractivity (Wildman–Crippen MR) is 119 cm³/mol. The fourth-order valence-corrected chi connectivity index (χ4v) is 4.97. The molecule has 1 aliphatic rings. The summed E-state index contributed by atoms with van der Waals surface area (Å²) < 4.78 is 32.3. The normalized spacial score (nSPS) is 15.2. The van der Waals surface area contributed by atoms with Crippen LogP contribution >= 0.6 is 0 Å². The van der Waals surface area contributed by atoms with Gasteiger partial charge >= 0.3 is 0 Å². The lowest BCUT2D eigenvalue weighted by atomic mass is 10.2. The fraction of sp³-hybridized carbons (Fsp3) is 0.409. The van der Waals surface area contributed by atoms with Crippen molar-refractivity contribution in [2.45, 2.75) is 31.7 Å². The summed E-state index contributed by atoms with van der Waals surface area (Å²) in [6.07, 6.45) is 0. The van der Waals surface area contributed by atoms with Crippen molar-refractivity contribution in [1.29, 1.82) is 0 Å². The van der Waals surface area contributed by atoms with Crippen molar-refractivity contribution >= 4 is 27.3 Å². The molecule has 0 atom stereocenters. The molecule has 0 radical (unpaired) electrons. The third-order valence-corrected chi connectivity index (χ3v) is 7.02. The van der Waals surface area contributed by atoms with Crippen molar-refractivity contribution in [3.05, 3.63) is 54.1 Å². The highest BCUT2D eigenvalue weighted by Crippen LogP contribution is 2.22. The average Bonchev–Trinajstić information content (AvgIpc) is 2.76. The smallest absolute Gasteiger partial charge is 0.255 e. The first kappa shape index (κ1) is 22.3. The first-order valence-electron chi connectivity index (χ1n) is 10.2. The number of nitrogens with zero attached hydrogens (tertiary/aromatic N) is 2. The highest BCUT2D eigenvalue weighted by atomic mass is 32.2. The van der Waals surface area contributed by atoms with Crippen molar-refractivity contribution < 1.29 is 17.9 Å². The summed E-state index contributed by atoms with van der Waals surface area (Å²) in [4.78, 5) is 15.1. The lowest BCUT2D eigenvalue weighted by molar-refractivity contribution is 0.0730. The number of hydrogen-bond acceptors (Lipinski definition) is 5. The number of anilines is 2. The fourth-order valence-electron chi connectivity index (χ4n) is 3.52. The van der Waals surface area contributed by atoms with Gasteiger partial charge in [0.15, 0.2) is 0 Å². The molecular weight excluding hydrogens is 402 g/mol. The molecule has 1 heterocycles. The van der Waals surface area contributed by atoms with Crippen LogP contribution in [0.4, 0.5) is 11.4 Å². The molecule has 2 aromatic carbocycles. The first-order valence-corrected chi connectivity index (χ1v) is 11.6. The van der Waals surface area contributed by atoms with E-state index in [2.05, 4.69) is 31.0 Å². The molecule has 0 unspecified atom stereocenters. The molecule has 0 saturated carbocycles. The number of morpholine rings is 1. The van der Waals surface area contributed by atoms with E-state index in [9.17, 15) is 13.2 Å². The van der Waals surface area contributed by atoms with E-state index < -0.39 is 10.0 Å². The minimum absolute atomic E-state index is 0.114. The summed E-state index contributed by atoms with van der Waals surface area (Å²) >= 11 is 0. The minimum Gasteiger partial charge on any atom is -0.379 e. The van der Waals surface area contributed by atoms with Crippen LogP contribution in [0.2, 0.25) is 0 Å². The molecule has 162 valence electrons. The Kier molecular flexibility index (Phi) is 7.12. The molecule has 1 aliphatic heterocycles. The third-order valence-electron chi connectivity index (χ3n) is 5.12. The van der Waals surface area contributed by atoms with Crippen LogP contribution in [-0.2, 0) is 14.8 Å². The van der Waals surface area contributed by atoms with Crippen LogP contribution in [0.3, 0.4) is 0 Å². The van der Waals surface area contributed by atoms with Gasteiger partial charge in [-0.1, -0.05) is 6.07 Å². The molecule has 1 saturated heterocycles. The molecule has 8 heteroatoms. The van der Waals surface area contributed by atoms with E-state index in [-0.39, 0.29) is 10.8 Å². The van der Waals surface area contributed by atoms with E-state index in [0.717, 1.165) is 12.2 Å². The topological polar surface area (TPSA) is 79.0 Å². The van der Waals surface area contributed by atoms with Crippen LogP contribution in [0.5, 0.6) is 0 Å². The maximum absolute atomic E-state index is 12.8.